The molecule has 0 spiro atoms. The number of hydrogen-bond acceptors (Lipinski definition) is 8. The highest BCUT2D eigenvalue weighted by Crippen LogP contribution is 2.32. The SMILES string of the molecule is Cc1nnc(-c2cnc(Nc3ccc4c(c3)CNC4=O)cc2N[C@H](CO)c2ccccc2)o1. The van der Waals surface area contributed by atoms with Crippen LogP contribution in [-0.2, 0) is 6.54 Å². The van der Waals surface area contributed by atoms with Crippen LogP contribution in [-0.4, -0.2) is 32.8 Å². The van der Waals surface area contributed by atoms with E-state index in [1.165, 1.54) is 0 Å². The van der Waals surface area contributed by atoms with Crippen molar-refractivity contribution in [2.45, 2.75) is 19.5 Å². The lowest BCUT2D eigenvalue weighted by atomic mass is 10.1. The van der Waals surface area contributed by atoms with Gasteiger partial charge in [-0.25, -0.2) is 4.98 Å². The summed E-state index contributed by atoms with van der Waals surface area (Å²) in [4.78, 5) is 16.3. The number of aliphatic hydroxyl groups is 1. The summed E-state index contributed by atoms with van der Waals surface area (Å²) < 4.78 is 5.63. The molecule has 33 heavy (non-hydrogen) atoms. The van der Waals surface area contributed by atoms with E-state index < -0.39 is 0 Å². The second-order valence-electron chi connectivity index (χ2n) is 7.71. The number of carbonyl (C=O) groups excluding carboxylic acids is 1. The molecule has 1 atom stereocenters. The predicted octanol–water partition coefficient (Wildman–Crippen LogP) is 3.57. The molecule has 5 rings (SSSR count). The molecule has 4 N–H and O–H groups in total. The Kier molecular flexibility index (Phi) is 5.45. The van der Waals surface area contributed by atoms with E-state index in [9.17, 15) is 9.90 Å². The van der Waals surface area contributed by atoms with Crippen molar-refractivity contribution in [3.8, 4) is 11.5 Å². The number of benzene rings is 2. The van der Waals surface area contributed by atoms with Gasteiger partial charge in [0.1, 0.15) is 5.82 Å². The zero-order valence-corrected chi connectivity index (χ0v) is 17.9. The van der Waals surface area contributed by atoms with Crippen LogP contribution in [0.3, 0.4) is 0 Å². The topological polar surface area (TPSA) is 125 Å². The summed E-state index contributed by atoms with van der Waals surface area (Å²) in [5.74, 6) is 1.30. The van der Waals surface area contributed by atoms with E-state index in [1.807, 2.05) is 48.5 Å². The first-order chi connectivity index (χ1) is 16.1. The quantitative estimate of drug-likeness (QED) is 0.342. The van der Waals surface area contributed by atoms with Gasteiger partial charge in [0.15, 0.2) is 0 Å². The van der Waals surface area contributed by atoms with Crippen molar-refractivity contribution in [1.82, 2.24) is 20.5 Å². The maximum absolute atomic E-state index is 11.8. The van der Waals surface area contributed by atoms with Crippen molar-refractivity contribution < 1.29 is 14.3 Å². The molecule has 4 aromatic rings. The number of rotatable bonds is 7. The van der Waals surface area contributed by atoms with Crippen molar-refractivity contribution in [1.29, 1.82) is 0 Å². The molecule has 1 amide bonds. The maximum atomic E-state index is 11.8. The zero-order chi connectivity index (χ0) is 22.8. The third-order valence-electron chi connectivity index (χ3n) is 5.44. The Labute approximate surface area is 189 Å². The fourth-order valence-electron chi connectivity index (χ4n) is 3.78. The first kappa shape index (κ1) is 20.7. The number of carbonyl (C=O) groups is 1. The molecule has 1 aliphatic rings. The van der Waals surface area contributed by atoms with E-state index >= 15 is 0 Å². The molecule has 3 heterocycles. The fourth-order valence-corrected chi connectivity index (χ4v) is 3.78. The van der Waals surface area contributed by atoms with Crippen molar-refractivity contribution >= 4 is 23.1 Å². The summed E-state index contributed by atoms with van der Waals surface area (Å²) >= 11 is 0. The lowest BCUT2D eigenvalue weighted by Crippen LogP contribution is -2.15. The first-order valence-electron chi connectivity index (χ1n) is 10.5. The van der Waals surface area contributed by atoms with Crippen LogP contribution in [0.15, 0.2) is 65.2 Å². The van der Waals surface area contributed by atoms with Gasteiger partial charge in [-0.2, -0.15) is 0 Å². The molecule has 0 aliphatic carbocycles. The molecule has 2 aromatic heterocycles. The number of hydrogen-bond donors (Lipinski definition) is 4. The number of amides is 1. The number of aromatic nitrogens is 3. The molecule has 9 nitrogen and oxygen atoms in total. The minimum absolute atomic E-state index is 0.0590. The third kappa shape index (κ3) is 4.26. The monoisotopic (exact) mass is 442 g/mol. The molecule has 2 aromatic carbocycles. The van der Waals surface area contributed by atoms with E-state index in [2.05, 4.69) is 31.1 Å². The summed E-state index contributed by atoms with van der Waals surface area (Å²) in [6.45, 7) is 2.12. The Morgan fingerprint density at radius 3 is 2.73 bits per heavy atom. The summed E-state index contributed by atoms with van der Waals surface area (Å²) in [5.41, 5.74) is 4.68. The standard InChI is InChI=1S/C24H22N6O3/c1-14-29-30-24(33-14)19-12-25-22(27-17-7-8-18-16(9-17)11-26-23(18)32)10-20(19)28-21(13-31)15-5-3-2-4-6-15/h2-10,12,21,31H,11,13H2,1H3,(H,26,32)(H2,25,27,28)/t21-/m1/s1. The van der Waals surface area contributed by atoms with Crippen molar-refractivity contribution in [2.75, 3.05) is 17.2 Å². The van der Waals surface area contributed by atoms with Crippen LogP contribution < -0.4 is 16.0 Å². The number of fused-ring (bicyclic) bond motifs is 1. The average Bonchev–Trinajstić information content (AvgIpc) is 3.43. The fraction of sp³-hybridized carbons (Fsp3) is 0.167. The van der Waals surface area contributed by atoms with Crippen LogP contribution >= 0.6 is 0 Å². The number of nitrogens with one attached hydrogen (secondary N) is 3. The van der Waals surface area contributed by atoms with Gasteiger partial charge in [-0.3, -0.25) is 4.79 Å². The lowest BCUT2D eigenvalue weighted by molar-refractivity contribution is 0.0965. The molecule has 0 bridgehead atoms. The van der Waals surface area contributed by atoms with Crippen LogP contribution in [0, 0.1) is 6.92 Å². The van der Waals surface area contributed by atoms with E-state index in [1.54, 1.807) is 19.2 Å². The van der Waals surface area contributed by atoms with Crippen LogP contribution in [0.25, 0.3) is 11.5 Å². The van der Waals surface area contributed by atoms with Gasteiger partial charge in [0.05, 0.1) is 23.9 Å². The van der Waals surface area contributed by atoms with Crippen LogP contribution in [0.2, 0.25) is 0 Å². The van der Waals surface area contributed by atoms with Crippen molar-refractivity contribution in [3.63, 3.8) is 0 Å². The number of nitrogens with zero attached hydrogens (tertiary/aromatic N) is 3. The van der Waals surface area contributed by atoms with E-state index in [0.717, 1.165) is 16.8 Å². The maximum Gasteiger partial charge on any atom is 0.251 e. The Morgan fingerprint density at radius 1 is 1.12 bits per heavy atom. The second kappa shape index (κ2) is 8.71. The number of anilines is 3. The molecule has 0 radical (unpaired) electrons. The minimum atomic E-state index is -0.346. The smallest absolute Gasteiger partial charge is 0.251 e. The molecule has 166 valence electrons. The zero-order valence-electron chi connectivity index (χ0n) is 17.9. The van der Waals surface area contributed by atoms with Crippen LogP contribution in [0.4, 0.5) is 17.2 Å². The Bertz CT molecular complexity index is 1300. The van der Waals surface area contributed by atoms with Gasteiger partial charge in [0.25, 0.3) is 11.8 Å². The highest BCUT2D eigenvalue weighted by molar-refractivity contribution is 5.98. The van der Waals surface area contributed by atoms with Gasteiger partial charge in [0, 0.05) is 37.0 Å². The molecule has 0 saturated carbocycles. The van der Waals surface area contributed by atoms with Crippen molar-refractivity contribution in [2.24, 2.45) is 0 Å². The molecule has 9 heteroatoms. The largest absolute Gasteiger partial charge is 0.421 e. The Balaban J connectivity index is 1.48. The second-order valence-corrected chi connectivity index (χ2v) is 7.71. The highest BCUT2D eigenvalue weighted by Gasteiger charge is 2.20. The van der Waals surface area contributed by atoms with E-state index in [4.69, 9.17) is 4.42 Å². The highest BCUT2D eigenvalue weighted by atomic mass is 16.4. The lowest BCUT2D eigenvalue weighted by Gasteiger charge is -2.20. The van der Waals surface area contributed by atoms with E-state index in [-0.39, 0.29) is 18.6 Å². The number of aliphatic hydroxyl groups excluding tert-OH is 1. The average molecular weight is 442 g/mol. The molecular weight excluding hydrogens is 420 g/mol. The normalized spacial score (nSPS) is 13.3. The number of aryl methyl sites for hydroxylation is 1. The van der Waals surface area contributed by atoms with Gasteiger partial charge in [-0.1, -0.05) is 30.3 Å². The predicted molar refractivity (Wildman–Crippen MR) is 123 cm³/mol. The first-order valence-corrected chi connectivity index (χ1v) is 10.5. The molecular formula is C24H22N6O3. The molecule has 0 fully saturated rings. The van der Waals surface area contributed by atoms with Gasteiger partial charge in [-0.05, 0) is 29.3 Å². The van der Waals surface area contributed by atoms with Crippen LogP contribution in [0.5, 0.6) is 0 Å². The molecule has 0 saturated heterocycles. The van der Waals surface area contributed by atoms with Gasteiger partial charge in [0.2, 0.25) is 5.89 Å². The summed E-state index contributed by atoms with van der Waals surface area (Å²) in [6, 6.07) is 16.7. The van der Waals surface area contributed by atoms with Gasteiger partial charge < -0.3 is 25.5 Å². The van der Waals surface area contributed by atoms with E-state index in [0.29, 0.717) is 41.0 Å². The summed E-state index contributed by atoms with van der Waals surface area (Å²) in [6.07, 6.45) is 1.65. The third-order valence-corrected chi connectivity index (χ3v) is 5.44. The van der Waals surface area contributed by atoms with Crippen molar-refractivity contribution in [3.05, 3.63) is 83.4 Å². The summed E-state index contributed by atoms with van der Waals surface area (Å²) in [7, 11) is 0. The van der Waals surface area contributed by atoms with Gasteiger partial charge >= 0.3 is 0 Å². The Morgan fingerprint density at radius 2 is 1.97 bits per heavy atom. The Hall–Kier alpha value is -4.24. The molecule has 0 unspecified atom stereocenters. The van der Waals surface area contributed by atoms with Crippen LogP contribution in [0.1, 0.15) is 33.4 Å². The minimum Gasteiger partial charge on any atom is -0.421 e. The summed E-state index contributed by atoms with van der Waals surface area (Å²) in [5, 5.41) is 27.6. The number of pyridine rings is 1. The molecule has 1 aliphatic heterocycles. The van der Waals surface area contributed by atoms with Gasteiger partial charge in [-0.15, -0.1) is 10.2 Å².